The molecule has 1 fully saturated rings. The van der Waals surface area contributed by atoms with Crippen LogP contribution in [0.15, 0.2) is 41.3 Å². The van der Waals surface area contributed by atoms with Crippen LogP contribution in [0.1, 0.15) is 23.5 Å². The Bertz CT molecular complexity index is 780. The highest BCUT2D eigenvalue weighted by molar-refractivity contribution is 5.95. The van der Waals surface area contributed by atoms with Gasteiger partial charge in [-0.3, -0.25) is 9.59 Å². The summed E-state index contributed by atoms with van der Waals surface area (Å²) in [5.74, 6) is -0.280. The number of rotatable bonds is 3. The van der Waals surface area contributed by atoms with Gasteiger partial charge in [-0.15, -0.1) is 0 Å². The van der Waals surface area contributed by atoms with E-state index in [1.54, 1.807) is 32.3 Å². The summed E-state index contributed by atoms with van der Waals surface area (Å²) < 4.78 is 14.4. The van der Waals surface area contributed by atoms with Crippen molar-refractivity contribution in [3.63, 3.8) is 0 Å². The predicted octanol–water partition coefficient (Wildman–Crippen LogP) is 2.58. The van der Waals surface area contributed by atoms with E-state index in [-0.39, 0.29) is 29.1 Å². The summed E-state index contributed by atoms with van der Waals surface area (Å²) >= 11 is 0. The normalized spacial score (nSPS) is 19.8. The molecule has 2 atom stereocenters. The Kier molecular flexibility index (Phi) is 3.56. The summed E-state index contributed by atoms with van der Waals surface area (Å²) in [5.41, 5.74) is 2.28. The summed E-state index contributed by atoms with van der Waals surface area (Å²) in [4.78, 5) is 23.8. The Morgan fingerprint density at radius 1 is 1.32 bits per heavy atom. The topological polar surface area (TPSA) is 51.1 Å². The lowest BCUT2D eigenvalue weighted by atomic mass is 10.1. The van der Waals surface area contributed by atoms with E-state index in [1.807, 2.05) is 0 Å². The number of hydrogen-bond acceptors (Lipinski definition) is 2. The van der Waals surface area contributed by atoms with E-state index in [0.717, 1.165) is 17.5 Å². The molecule has 0 aliphatic heterocycles. The molecule has 1 aliphatic rings. The number of anilines is 1. The molecule has 0 unspecified atom stereocenters. The van der Waals surface area contributed by atoms with Gasteiger partial charge >= 0.3 is 0 Å². The molecule has 0 bridgehead atoms. The van der Waals surface area contributed by atoms with Crippen LogP contribution in [0, 0.1) is 18.7 Å². The third-order valence-electron chi connectivity index (χ3n) is 4.12. The van der Waals surface area contributed by atoms with E-state index in [2.05, 4.69) is 5.32 Å². The van der Waals surface area contributed by atoms with E-state index in [9.17, 15) is 14.0 Å². The summed E-state index contributed by atoms with van der Waals surface area (Å²) in [7, 11) is 1.65. The first-order valence-corrected chi connectivity index (χ1v) is 7.19. The Morgan fingerprint density at radius 2 is 2.00 bits per heavy atom. The number of hydrogen-bond donors (Lipinski definition) is 1. The first-order valence-electron chi connectivity index (χ1n) is 7.19. The minimum Gasteiger partial charge on any atom is -0.324 e. The van der Waals surface area contributed by atoms with Crippen molar-refractivity contribution in [2.24, 2.45) is 13.0 Å². The van der Waals surface area contributed by atoms with Crippen LogP contribution in [0.3, 0.4) is 0 Å². The number of aromatic nitrogens is 1. The molecule has 5 heteroatoms. The Hall–Kier alpha value is -2.43. The van der Waals surface area contributed by atoms with Gasteiger partial charge in [-0.25, -0.2) is 4.39 Å². The molecule has 1 aromatic heterocycles. The van der Waals surface area contributed by atoms with Crippen molar-refractivity contribution < 1.29 is 9.18 Å². The van der Waals surface area contributed by atoms with Crippen molar-refractivity contribution in [2.75, 3.05) is 5.32 Å². The fourth-order valence-corrected chi connectivity index (χ4v) is 2.64. The number of amides is 1. The van der Waals surface area contributed by atoms with Crippen LogP contribution in [0.2, 0.25) is 0 Å². The number of carbonyl (C=O) groups is 1. The van der Waals surface area contributed by atoms with Gasteiger partial charge in [0.25, 0.3) is 5.56 Å². The molecule has 1 amide bonds. The highest BCUT2D eigenvalue weighted by Gasteiger charge is 2.44. The fourth-order valence-electron chi connectivity index (χ4n) is 2.64. The van der Waals surface area contributed by atoms with Gasteiger partial charge in [0, 0.05) is 25.2 Å². The highest BCUT2D eigenvalue weighted by Crippen LogP contribution is 2.48. The molecule has 1 aliphatic carbocycles. The van der Waals surface area contributed by atoms with Gasteiger partial charge in [0.15, 0.2) is 0 Å². The number of carbonyl (C=O) groups excluding carboxylic acids is 1. The van der Waals surface area contributed by atoms with E-state index in [0.29, 0.717) is 5.69 Å². The van der Waals surface area contributed by atoms with Crippen molar-refractivity contribution in [2.45, 2.75) is 19.3 Å². The van der Waals surface area contributed by atoms with Gasteiger partial charge < -0.3 is 9.88 Å². The predicted molar refractivity (Wildman–Crippen MR) is 82.3 cm³/mol. The van der Waals surface area contributed by atoms with E-state index in [4.69, 9.17) is 0 Å². The van der Waals surface area contributed by atoms with Gasteiger partial charge in [0.1, 0.15) is 5.82 Å². The third kappa shape index (κ3) is 2.79. The van der Waals surface area contributed by atoms with Crippen molar-refractivity contribution >= 4 is 11.6 Å². The van der Waals surface area contributed by atoms with Gasteiger partial charge in [0.05, 0.1) is 5.69 Å². The summed E-state index contributed by atoms with van der Waals surface area (Å²) in [6, 6.07) is 7.79. The lowest BCUT2D eigenvalue weighted by Crippen LogP contribution is -2.20. The van der Waals surface area contributed by atoms with Gasteiger partial charge in [-0.2, -0.15) is 0 Å². The molecule has 4 nitrogen and oxygen atoms in total. The third-order valence-corrected chi connectivity index (χ3v) is 4.12. The SMILES string of the molecule is Cc1cc(=O)n(C)cc1NC(=O)[C@H]1C[C@H]1c1ccc(F)cc1. The first kappa shape index (κ1) is 14.5. The van der Waals surface area contributed by atoms with Gasteiger partial charge in [-0.1, -0.05) is 12.1 Å². The van der Waals surface area contributed by atoms with E-state index in [1.165, 1.54) is 22.8 Å². The number of nitrogens with zero attached hydrogens (tertiary/aromatic N) is 1. The Balaban J connectivity index is 1.70. The second kappa shape index (κ2) is 5.40. The molecule has 2 aromatic rings. The lowest BCUT2D eigenvalue weighted by Gasteiger charge is -2.09. The number of nitrogens with one attached hydrogen (secondary N) is 1. The van der Waals surface area contributed by atoms with Crippen molar-refractivity contribution in [1.82, 2.24) is 4.57 Å². The Morgan fingerprint density at radius 3 is 2.68 bits per heavy atom. The van der Waals surface area contributed by atoms with Crippen LogP contribution in [0.25, 0.3) is 0 Å². The molecule has 0 spiro atoms. The zero-order chi connectivity index (χ0) is 15.9. The molecule has 1 heterocycles. The van der Waals surface area contributed by atoms with Gasteiger partial charge in [-0.05, 0) is 42.5 Å². The maximum absolute atomic E-state index is 12.9. The number of halogens is 1. The summed E-state index contributed by atoms with van der Waals surface area (Å²) in [6.07, 6.45) is 2.40. The maximum atomic E-state index is 12.9. The van der Waals surface area contributed by atoms with Crippen LogP contribution < -0.4 is 10.9 Å². The second-order valence-corrected chi connectivity index (χ2v) is 5.81. The quantitative estimate of drug-likeness (QED) is 0.947. The zero-order valence-corrected chi connectivity index (χ0v) is 12.5. The molecular formula is C17H17FN2O2. The van der Waals surface area contributed by atoms with Gasteiger partial charge in [0.2, 0.25) is 5.91 Å². The second-order valence-electron chi connectivity index (χ2n) is 5.81. The minimum absolute atomic E-state index is 0.0592. The fraction of sp³-hybridized carbons (Fsp3) is 0.294. The van der Waals surface area contributed by atoms with E-state index >= 15 is 0 Å². The van der Waals surface area contributed by atoms with Crippen LogP contribution in [0.5, 0.6) is 0 Å². The van der Waals surface area contributed by atoms with Crippen molar-refractivity contribution in [3.05, 3.63) is 63.8 Å². The first-order chi connectivity index (χ1) is 10.5. The van der Waals surface area contributed by atoms with Crippen LogP contribution in [-0.2, 0) is 11.8 Å². The van der Waals surface area contributed by atoms with Crippen LogP contribution in [-0.4, -0.2) is 10.5 Å². The standard InChI is InChI=1S/C17H17FN2O2/c1-10-7-16(21)20(2)9-15(10)19-17(22)14-8-13(14)11-3-5-12(18)6-4-11/h3-7,9,13-14H,8H2,1-2H3,(H,19,22)/t13-,14-/m0/s1. The molecule has 1 saturated carbocycles. The molecule has 0 saturated heterocycles. The molecular weight excluding hydrogens is 283 g/mol. The Labute approximate surface area is 127 Å². The largest absolute Gasteiger partial charge is 0.324 e. The maximum Gasteiger partial charge on any atom is 0.250 e. The minimum atomic E-state index is -0.272. The zero-order valence-electron chi connectivity index (χ0n) is 12.5. The number of aryl methyl sites for hydroxylation is 2. The van der Waals surface area contributed by atoms with Crippen molar-refractivity contribution in [3.8, 4) is 0 Å². The molecule has 1 aromatic carbocycles. The summed E-state index contributed by atoms with van der Waals surface area (Å²) in [6.45, 7) is 1.79. The summed E-state index contributed by atoms with van der Waals surface area (Å²) in [5, 5.41) is 2.88. The molecule has 3 rings (SSSR count). The monoisotopic (exact) mass is 300 g/mol. The molecule has 0 radical (unpaired) electrons. The van der Waals surface area contributed by atoms with Crippen LogP contribution >= 0.6 is 0 Å². The molecule has 1 N–H and O–H groups in total. The van der Waals surface area contributed by atoms with E-state index < -0.39 is 0 Å². The average molecular weight is 300 g/mol. The van der Waals surface area contributed by atoms with Crippen LogP contribution in [0.4, 0.5) is 10.1 Å². The highest BCUT2D eigenvalue weighted by atomic mass is 19.1. The average Bonchev–Trinajstić information content (AvgIpc) is 3.26. The molecule has 114 valence electrons. The smallest absolute Gasteiger partial charge is 0.250 e. The molecule has 22 heavy (non-hydrogen) atoms. The number of benzene rings is 1. The number of pyridine rings is 1. The lowest BCUT2D eigenvalue weighted by molar-refractivity contribution is -0.117. The van der Waals surface area contributed by atoms with Crippen molar-refractivity contribution in [1.29, 1.82) is 0 Å².